The monoisotopic (exact) mass is 363 g/mol. The van der Waals surface area contributed by atoms with Gasteiger partial charge in [-0.1, -0.05) is 43.1 Å². The molecule has 2 aromatic rings. The molecule has 0 radical (unpaired) electrons. The molecule has 5 nitrogen and oxygen atoms in total. The summed E-state index contributed by atoms with van der Waals surface area (Å²) in [6, 6.07) is 5.69. The van der Waals surface area contributed by atoms with Gasteiger partial charge in [-0.3, -0.25) is 9.48 Å². The lowest BCUT2D eigenvalue weighted by Gasteiger charge is -2.18. The SMILES string of the molecule is COc1ccc(C)cc1[C@H](C)NC(=O)c1c(C)nn(CC(C)C)c1Cl. The summed E-state index contributed by atoms with van der Waals surface area (Å²) in [6.07, 6.45) is 0. The second kappa shape index (κ2) is 7.91. The Balaban J connectivity index is 2.25. The number of hydrogen-bond donors (Lipinski definition) is 1. The minimum atomic E-state index is -0.228. The van der Waals surface area contributed by atoms with Crippen molar-refractivity contribution in [3.05, 3.63) is 45.7 Å². The largest absolute Gasteiger partial charge is 0.496 e. The van der Waals surface area contributed by atoms with Crippen molar-refractivity contribution in [2.75, 3.05) is 7.11 Å². The summed E-state index contributed by atoms with van der Waals surface area (Å²) in [5.74, 6) is 0.911. The molecule has 136 valence electrons. The van der Waals surface area contributed by atoms with Gasteiger partial charge in [-0.25, -0.2) is 0 Å². The van der Waals surface area contributed by atoms with Crippen LogP contribution in [0, 0.1) is 19.8 Å². The Morgan fingerprint density at radius 3 is 2.60 bits per heavy atom. The van der Waals surface area contributed by atoms with Gasteiger partial charge in [0.15, 0.2) is 0 Å². The normalized spacial score (nSPS) is 12.3. The molecule has 0 bridgehead atoms. The maximum Gasteiger partial charge on any atom is 0.256 e. The molecule has 1 aromatic carbocycles. The Labute approximate surface area is 154 Å². The van der Waals surface area contributed by atoms with Gasteiger partial charge in [0.25, 0.3) is 5.91 Å². The summed E-state index contributed by atoms with van der Waals surface area (Å²) in [6.45, 7) is 10.6. The summed E-state index contributed by atoms with van der Waals surface area (Å²) in [5, 5.41) is 7.79. The smallest absolute Gasteiger partial charge is 0.256 e. The molecule has 0 saturated carbocycles. The Morgan fingerprint density at radius 1 is 1.32 bits per heavy atom. The topological polar surface area (TPSA) is 56.1 Å². The number of halogens is 1. The van der Waals surface area contributed by atoms with Crippen LogP contribution in [-0.4, -0.2) is 22.8 Å². The molecule has 2 rings (SSSR count). The third-order valence-corrected chi connectivity index (χ3v) is 4.41. The van der Waals surface area contributed by atoms with E-state index in [-0.39, 0.29) is 11.9 Å². The number of nitrogens with zero attached hydrogens (tertiary/aromatic N) is 2. The first-order chi connectivity index (χ1) is 11.7. The summed E-state index contributed by atoms with van der Waals surface area (Å²) in [5.41, 5.74) is 3.10. The van der Waals surface area contributed by atoms with Crippen molar-refractivity contribution in [1.82, 2.24) is 15.1 Å². The van der Waals surface area contributed by atoms with Crippen LogP contribution in [0.3, 0.4) is 0 Å². The van der Waals surface area contributed by atoms with Gasteiger partial charge in [0.1, 0.15) is 10.9 Å². The number of aromatic nitrogens is 2. The molecule has 1 heterocycles. The van der Waals surface area contributed by atoms with Crippen molar-refractivity contribution in [3.8, 4) is 5.75 Å². The predicted molar refractivity (Wildman–Crippen MR) is 100 cm³/mol. The zero-order valence-corrected chi connectivity index (χ0v) is 16.4. The Morgan fingerprint density at radius 2 is 2.00 bits per heavy atom. The lowest BCUT2D eigenvalue weighted by Crippen LogP contribution is -2.27. The quantitative estimate of drug-likeness (QED) is 0.832. The van der Waals surface area contributed by atoms with Crippen molar-refractivity contribution in [3.63, 3.8) is 0 Å². The van der Waals surface area contributed by atoms with Crippen LogP contribution in [0.5, 0.6) is 5.75 Å². The maximum absolute atomic E-state index is 12.8. The molecule has 0 aliphatic rings. The minimum absolute atomic E-state index is 0.216. The van der Waals surface area contributed by atoms with Crippen molar-refractivity contribution in [2.45, 2.75) is 47.2 Å². The van der Waals surface area contributed by atoms with Crippen LogP contribution in [0.4, 0.5) is 0 Å². The predicted octanol–water partition coefficient (Wildman–Crippen LogP) is 4.31. The number of aryl methyl sites for hydroxylation is 2. The number of rotatable bonds is 6. The van der Waals surface area contributed by atoms with Gasteiger partial charge in [0.05, 0.1) is 24.4 Å². The van der Waals surface area contributed by atoms with E-state index in [0.29, 0.717) is 28.9 Å². The Kier molecular flexibility index (Phi) is 6.11. The van der Waals surface area contributed by atoms with Gasteiger partial charge in [-0.15, -0.1) is 0 Å². The maximum atomic E-state index is 12.8. The third-order valence-electron chi connectivity index (χ3n) is 4.03. The molecule has 0 unspecified atom stereocenters. The second-order valence-electron chi connectivity index (χ2n) is 6.77. The van der Waals surface area contributed by atoms with Crippen LogP contribution >= 0.6 is 11.6 Å². The molecule has 1 N–H and O–H groups in total. The average molecular weight is 364 g/mol. The van der Waals surface area contributed by atoms with Crippen LogP contribution < -0.4 is 10.1 Å². The number of ether oxygens (including phenoxy) is 1. The molecule has 1 aromatic heterocycles. The molecule has 0 saturated heterocycles. The number of benzene rings is 1. The van der Waals surface area contributed by atoms with E-state index in [1.165, 1.54) is 0 Å². The highest BCUT2D eigenvalue weighted by molar-refractivity contribution is 6.33. The zero-order chi connectivity index (χ0) is 18.7. The summed E-state index contributed by atoms with van der Waals surface area (Å²) < 4.78 is 7.10. The summed E-state index contributed by atoms with van der Waals surface area (Å²) >= 11 is 6.40. The Hall–Kier alpha value is -2.01. The zero-order valence-electron chi connectivity index (χ0n) is 15.7. The first-order valence-electron chi connectivity index (χ1n) is 8.42. The van der Waals surface area contributed by atoms with Crippen molar-refractivity contribution in [1.29, 1.82) is 0 Å². The van der Waals surface area contributed by atoms with E-state index in [2.05, 4.69) is 24.3 Å². The Bertz CT molecular complexity index is 768. The van der Waals surface area contributed by atoms with E-state index in [1.807, 2.05) is 32.0 Å². The highest BCUT2D eigenvalue weighted by Crippen LogP contribution is 2.27. The molecule has 0 spiro atoms. The van der Waals surface area contributed by atoms with Crippen molar-refractivity contribution >= 4 is 17.5 Å². The van der Waals surface area contributed by atoms with Crippen LogP contribution in [0.2, 0.25) is 5.15 Å². The third kappa shape index (κ3) is 4.34. The molecule has 1 amide bonds. The highest BCUT2D eigenvalue weighted by atomic mass is 35.5. The fraction of sp³-hybridized carbons (Fsp3) is 0.474. The lowest BCUT2D eigenvalue weighted by atomic mass is 10.0. The van der Waals surface area contributed by atoms with E-state index in [1.54, 1.807) is 18.7 Å². The van der Waals surface area contributed by atoms with Gasteiger partial charge in [0.2, 0.25) is 0 Å². The van der Waals surface area contributed by atoms with Gasteiger partial charge < -0.3 is 10.1 Å². The van der Waals surface area contributed by atoms with Gasteiger partial charge in [-0.05, 0) is 32.8 Å². The number of amides is 1. The number of carbonyl (C=O) groups is 1. The van der Waals surface area contributed by atoms with Gasteiger partial charge >= 0.3 is 0 Å². The van der Waals surface area contributed by atoms with Crippen LogP contribution in [0.25, 0.3) is 0 Å². The van der Waals surface area contributed by atoms with E-state index in [0.717, 1.165) is 16.9 Å². The number of hydrogen-bond acceptors (Lipinski definition) is 3. The fourth-order valence-electron chi connectivity index (χ4n) is 2.82. The second-order valence-corrected chi connectivity index (χ2v) is 7.13. The molecular weight excluding hydrogens is 338 g/mol. The van der Waals surface area contributed by atoms with Gasteiger partial charge in [0, 0.05) is 12.1 Å². The summed E-state index contributed by atoms with van der Waals surface area (Å²) in [7, 11) is 1.62. The highest BCUT2D eigenvalue weighted by Gasteiger charge is 2.23. The standard InChI is InChI=1S/C19H26ClN3O2/c1-11(2)10-23-18(20)17(14(5)22-23)19(24)21-13(4)15-9-12(3)7-8-16(15)25-6/h7-9,11,13H,10H2,1-6H3,(H,21,24)/t13-/m0/s1. The van der Waals surface area contributed by atoms with Crippen LogP contribution in [0.15, 0.2) is 18.2 Å². The first kappa shape index (κ1) is 19.3. The lowest BCUT2D eigenvalue weighted by molar-refractivity contribution is 0.0939. The molecule has 0 aliphatic carbocycles. The number of nitrogens with one attached hydrogen (secondary N) is 1. The minimum Gasteiger partial charge on any atom is -0.496 e. The molecular formula is C19H26ClN3O2. The van der Waals surface area contributed by atoms with Crippen LogP contribution in [0.1, 0.15) is 54.0 Å². The molecule has 0 aliphatic heterocycles. The number of carbonyl (C=O) groups excluding carboxylic acids is 1. The van der Waals surface area contributed by atoms with Gasteiger partial charge in [-0.2, -0.15) is 5.10 Å². The van der Waals surface area contributed by atoms with E-state index in [9.17, 15) is 4.79 Å². The molecule has 1 atom stereocenters. The molecule has 25 heavy (non-hydrogen) atoms. The van der Waals surface area contributed by atoms with E-state index >= 15 is 0 Å². The number of methoxy groups -OCH3 is 1. The molecule has 0 fully saturated rings. The molecule has 6 heteroatoms. The summed E-state index contributed by atoms with van der Waals surface area (Å²) in [4.78, 5) is 12.8. The van der Waals surface area contributed by atoms with Crippen molar-refractivity contribution in [2.24, 2.45) is 5.92 Å². The van der Waals surface area contributed by atoms with Crippen LogP contribution in [-0.2, 0) is 6.54 Å². The average Bonchev–Trinajstić information content (AvgIpc) is 2.80. The first-order valence-corrected chi connectivity index (χ1v) is 8.80. The van der Waals surface area contributed by atoms with Crippen molar-refractivity contribution < 1.29 is 9.53 Å². The van der Waals surface area contributed by atoms with E-state index < -0.39 is 0 Å². The van der Waals surface area contributed by atoms with E-state index in [4.69, 9.17) is 16.3 Å². The fourth-order valence-corrected chi connectivity index (χ4v) is 3.15.